The molecule has 0 fully saturated rings. The van der Waals surface area contributed by atoms with Crippen LogP contribution in [0.15, 0.2) is 30.3 Å². The molecule has 0 spiro atoms. The van der Waals surface area contributed by atoms with E-state index in [-0.39, 0.29) is 18.4 Å². The van der Waals surface area contributed by atoms with Crippen LogP contribution >= 0.6 is 0 Å². The van der Waals surface area contributed by atoms with Crippen LogP contribution in [-0.2, 0) is 24.2 Å². The van der Waals surface area contributed by atoms with Crippen LogP contribution in [0.5, 0.6) is 0 Å². The van der Waals surface area contributed by atoms with Crippen LogP contribution in [0.4, 0.5) is 0 Å². The number of H-pyrrole nitrogens is 1. The summed E-state index contributed by atoms with van der Waals surface area (Å²) in [6.07, 6.45) is 1.02. The van der Waals surface area contributed by atoms with Gasteiger partial charge in [-0.1, -0.05) is 30.3 Å². The maximum atomic E-state index is 12.8. The second-order valence-corrected chi connectivity index (χ2v) is 6.67. The molecule has 0 radical (unpaired) electrons. The predicted octanol–water partition coefficient (Wildman–Crippen LogP) is 1.38. The zero-order valence-electron chi connectivity index (χ0n) is 14.9. The summed E-state index contributed by atoms with van der Waals surface area (Å²) in [6.45, 7) is 4.88. The third-order valence-corrected chi connectivity index (χ3v) is 4.69. The van der Waals surface area contributed by atoms with Crippen molar-refractivity contribution in [2.75, 3.05) is 6.54 Å². The number of aromatic amines is 1. The van der Waals surface area contributed by atoms with E-state index in [1.807, 2.05) is 36.9 Å². The number of hydrogen-bond acceptors (Lipinski definition) is 5. The van der Waals surface area contributed by atoms with Gasteiger partial charge in [-0.3, -0.25) is 9.89 Å². The van der Waals surface area contributed by atoms with E-state index in [2.05, 4.69) is 42.1 Å². The minimum Gasteiger partial charge on any atom is -0.333 e. The maximum absolute atomic E-state index is 12.8. The minimum absolute atomic E-state index is 0.00830. The number of benzene rings is 1. The van der Waals surface area contributed by atoms with Crippen LogP contribution in [0.2, 0.25) is 0 Å². The zero-order chi connectivity index (χ0) is 18.1. The van der Waals surface area contributed by atoms with Gasteiger partial charge in [0.05, 0.1) is 19.0 Å². The van der Waals surface area contributed by atoms with Gasteiger partial charge in [0.2, 0.25) is 5.91 Å². The maximum Gasteiger partial charge on any atom is 0.230 e. The van der Waals surface area contributed by atoms with E-state index in [0.29, 0.717) is 24.7 Å². The highest BCUT2D eigenvalue weighted by Gasteiger charge is 2.31. The number of rotatable bonds is 4. The fraction of sp³-hybridized carbons (Fsp3) is 0.389. The Hall–Kier alpha value is -3.03. The van der Waals surface area contributed by atoms with Crippen molar-refractivity contribution in [3.8, 4) is 0 Å². The smallest absolute Gasteiger partial charge is 0.230 e. The Bertz CT molecular complexity index is 915. The Morgan fingerprint density at radius 2 is 2.04 bits per heavy atom. The zero-order valence-corrected chi connectivity index (χ0v) is 14.9. The average molecular weight is 351 g/mol. The summed E-state index contributed by atoms with van der Waals surface area (Å²) >= 11 is 0. The highest BCUT2D eigenvalue weighted by molar-refractivity contribution is 5.78. The van der Waals surface area contributed by atoms with Crippen molar-refractivity contribution in [1.82, 2.24) is 34.8 Å². The second kappa shape index (κ2) is 6.70. The Kier molecular flexibility index (Phi) is 4.24. The van der Waals surface area contributed by atoms with Gasteiger partial charge in [-0.25, -0.2) is 4.98 Å². The molecule has 0 unspecified atom stereocenters. The molecule has 1 aromatic carbocycles. The van der Waals surface area contributed by atoms with E-state index in [1.165, 1.54) is 5.56 Å². The quantitative estimate of drug-likeness (QED) is 0.767. The van der Waals surface area contributed by atoms with Crippen LogP contribution in [0, 0.1) is 13.8 Å². The topological polar surface area (TPSA) is 92.6 Å². The molecule has 4 rings (SSSR count). The van der Waals surface area contributed by atoms with Gasteiger partial charge in [0, 0.05) is 6.54 Å². The summed E-state index contributed by atoms with van der Waals surface area (Å²) in [5, 5.41) is 15.3. The lowest BCUT2D eigenvalue weighted by atomic mass is 10.0. The molecule has 8 nitrogen and oxygen atoms in total. The molecule has 134 valence electrons. The van der Waals surface area contributed by atoms with Gasteiger partial charge in [0.15, 0.2) is 11.6 Å². The summed E-state index contributed by atoms with van der Waals surface area (Å²) < 4.78 is 2.16. The molecule has 0 saturated heterocycles. The Morgan fingerprint density at radius 1 is 1.23 bits per heavy atom. The number of amides is 1. The van der Waals surface area contributed by atoms with Crippen LogP contribution < -0.4 is 0 Å². The number of nitrogens with zero attached hydrogens (tertiary/aromatic N) is 6. The summed E-state index contributed by atoms with van der Waals surface area (Å²) in [5.74, 6) is 2.96. The molecule has 0 aliphatic carbocycles. The molecule has 26 heavy (non-hydrogen) atoms. The molecule has 3 heterocycles. The van der Waals surface area contributed by atoms with Crippen molar-refractivity contribution in [2.24, 2.45) is 0 Å². The highest BCUT2D eigenvalue weighted by atomic mass is 16.2. The standard InChI is InChI=1S/C18H21N7O/c1-12-19-16(22-20-12)9-18(26)24-10-15(8-14-6-4-3-5-7-14)25-13(2)21-23-17(25)11-24/h3-7,15H,8-11H2,1-2H3,(H,19,20,22)/t15-/m1/s1. The van der Waals surface area contributed by atoms with Gasteiger partial charge in [-0.2, -0.15) is 5.10 Å². The SMILES string of the molecule is Cc1nc(CC(=O)N2Cc3nnc(C)n3[C@H](Cc3ccccc3)C2)n[nH]1. The molecular formula is C18H21N7O. The third-order valence-electron chi connectivity index (χ3n) is 4.69. The van der Waals surface area contributed by atoms with Gasteiger partial charge in [0.1, 0.15) is 11.6 Å². The lowest BCUT2D eigenvalue weighted by molar-refractivity contribution is -0.132. The van der Waals surface area contributed by atoms with Gasteiger partial charge in [-0.05, 0) is 25.8 Å². The van der Waals surface area contributed by atoms with Crippen molar-refractivity contribution in [3.63, 3.8) is 0 Å². The van der Waals surface area contributed by atoms with Gasteiger partial charge >= 0.3 is 0 Å². The highest BCUT2D eigenvalue weighted by Crippen LogP contribution is 2.25. The van der Waals surface area contributed by atoms with E-state index in [1.54, 1.807) is 0 Å². The Morgan fingerprint density at radius 3 is 2.77 bits per heavy atom. The molecule has 1 aliphatic heterocycles. The van der Waals surface area contributed by atoms with E-state index < -0.39 is 0 Å². The van der Waals surface area contributed by atoms with Crippen molar-refractivity contribution in [2.45, 2.75) is 39.3 Å². The summed E-state index contributed by atoms with van der Waals surface area (Å²) in [4.78, 5) is 18.8. The molecule has 1 N–H and O–H groups in total. The molecule has 0 bridgehead atoms. The molecule has 8 heteroatoms. The molecule has 3 aromatic rings. The lowest BCUT2D eigenvalue weighted by Crippen LogP contribution is -2.43. The molecule has 1 aliphatic rings. The first-order valence-electron chi connectivity index (χ1n) is 8.70. The van der Waals surface area contributed by atoms with Crippen molar-refractivity contribution >= 4 is 5.91 Å². The first-order chi connectivity index (χ1) is 12.6. The predicted molar refractivity (Wildman–Crippen MR) is 94.2 cm³/mol. The first-order valence-corrected chi connectivity index (χ1v) is 8.70. The monoisotopic (exact) mass is 351 g/mol. The van der Waals surface area contributed by atoms with E-state index in [0.717, 1.165) is 18.1 Å². The molecule has 0 saturated carbocycles. The largest absolute Gasteiger partial charge is 0.333 e. The molecular weight excluding hydrogens is 330 g/mol. The van der Waals surface area contributed by atoms with Crippen molar-refractivity contribution in [3.05, 3.63) is 59.2 Å². The number of aryl methyl sites for hydroxylation is 2. The van der Waals surface area contributed by atoms with Crippen molar-refractivity contribution in [1.29, 1.82) is 0 Å². The van der Waals surface area contributed by atoms with E-state index >= 15 is 0 Å². The summed E-state index contributed by atoms with van der Waals surface area (Å²) in [6, 6.07) is 10.4. The minimum atomic E-state index is 0.00830. The lowest BCUT2D eigenvalue weighted by Gasteiger charge is -2.34. The molecule has 2 aromatic heterocycles. The molecule has 1 amide bonds. The van der Waals surface area contributed by atoms with Crippen LogP contribution in [-0.4, -0.2) is 47.3 Å². The fourth-order valence-electron chi connectivity index (χ4n) is 3.51. The van der Waals surface area contributed by atoms with Crippen LogP contribution in [0.25, 0.3) is 0 Å². The Labute approximate surface area is 151 Å². The third kappa shape index (κ3) is 3.22. The number of carbonyl (C=O) groups excluding carboxylic acids is 1. The van der Waals surface area contributed by atoms with E-state index in [4.69, 9.17) is 0 Å². The van der Waals surface area contributed by atoms with Gasteiger partial charge in [0.25, 0.3) is 0 Å². The number of hydrogen-bond donors (Lipinski definition) is 1. The average Bonchev–Trinajstić information content (AvgIpc) is 3.21. The number of nitrogens with one attached hydrogen (secondary N) is 1. The first kappa shape index (κ1) is 16.4. The second-order valence-electron chi connectivity index (χ2n) is 6.67. The summed E-state index contributed by atoms with van der Waals surface area (Å²) in [5.41, 5.74) is 1.23. The summed E-state index contributed by atoms with van der Waals surface area (Å²) in [7, 11) is 0. The molecule has 1 atom stereocenters. The fourth-order valence-corrected chi connectivity index (χ4v) is 3.51. The Balaban J connectivity index is 1.56. The van der Waals surface area contributed by atoms with Crippen molar-refractivity contribution < 1.29 is 4.79 Å². The van der Waals surface area contributed by atoms with Crippen LogP contribution in [0.3, 0.4) is 0 Å². The number of aromatic nitrogens is 6. The van der Waals surface area contributed by atoms with Crippen LogP contribution in [0.1, 0.15) is 34.9 Å². The number of carbonyl (C=O) groups is 1. The van der Waals surface area contributed by atoms with Gasteiger partial charge < -0.3 is 9.47 Å². The normalized spacial score (nSPS) is 16.5. The number of fused-ring (bicyclic) bond motifs is 1. The van der Waals surface area contributed by atoms with Gasteiger partial charge in [-0.15, -0.1) is 10.2 Å². The van der Waals surface area contributed by atoms with E-state index in [9.17, 15) is 4.79 Å².